The van der Waals surface area contributed by atoms with Gasteiger partial charge in [-0.15, -0.1) is 0 Å². The summed E-state index contributed by atoms with van der Waals surface area (Å²) in [6.45, 7) is 9.57. The molecule has 6 nitrogen and oxygen atoms in total. The van der Waals surface area contributed by atoms with Gasteiger partial charge in [0.05, 0.1) is 18.6 Å². The molecule has 0 bridgehead atoms. The number of aromatic nitrogens is 2. The fourth-order valence-corrected chi connectivity index (χ4v) is 3.67. The Labute approximate surface area is 151 Å². The van der Waals surface area contributed by atoms with Crippen molar-refractivity contribution in [3.8, 4) is 0 Å². The molecular weight excluding hydrogens is 316 g/mol. The Morgan fingerprint density at radius 3 is 2.84 bits per heavy atom. The number of hydrogen-bond donors (Lipinski definition) is 0. The van der Waals surface area contributed by atoms with E-state index in [-0.39, 0.29) is 0 Å². The zero-order valence-corrected chi connectivity index (χ0v) is 15.9. The predicted molar refractivity (Wildman–Crippen MR) is 97.1 cm³/mol. The molecule has 0 aromatic carbocycles. The minimum Gasteiger partial charge on any atom is -0.383 e. The number of carbonyl (C=O) groups is 1. The zero-order chi connectivity index (χ0) is 17.8. The van der Waals surface area contributed by atoms with E-state index in [9.17, 15) is 4.79 Å². The maximum Gasteiger partial charge on any atom is 0.224 e. The highest BCUT2D eigenvalue weighted by Gasteiger charge is 2.35. The lowest BCUT2D eigenvalue weighted by molar-refractivity contribution is -0.133. The lowest BCUT2D eigenvalue weighted by Crippen LogP contribution is -2.47. The van der Waals surface area contributed by atoms with Crippen LogP contribution in [0.25, 0.3) is 0 Å². The number of rotatable bonds is 8. The maximum absolute atomic E-state index is 12.7. The molecule has 2 aliphatic rings. The smallest absolute Gasteiger partial charge is 0.224 e. The van der Waals surface area contributed by atoms with E-state index < -0.39 is 0 Å². The largest absolute Gasteiger partial charge is 0.383 e. The van der Waals surface area contributed by atoms with Crippen LogP contribution in [0.1, 0.15) is 38.8 Å². The van der Waals surface area contributed by atoms with Crippen LogP contribution in [0.2, 0.25) is 0 Å². The van der Waals surface area contributed by atoms with Crippen molar-refractivity contribution >= 4 is 5.91 Å². The highest BCUT2D eigenvalue weighted by molar-refractivity contribution is 5.77. The molecule has 1 aromatic rings. The van der Waals surface area contributed by atoms with Crippen LogP contribution in [0.15, 0.2) is 12.5 Å². The third kappa shape index (κ3) is 4.82. The Kier molecular flexibility index (Phi) is 6.12. The van der Waals surface area contributed by atoms with E-state index in [4.69, 9.17) is 4.74 Å². The molecule has 1 aliphatic carbocycles. The number of carbonyl (C=O) groups excluding carboxylic acids is 1. The van der Waals surface area contributed by atoms with Crippen molar-refractivity contribution in [3.63, 3.8) is 0 Å². The number of amides is 1. The molecule has 0 N–H and O–H groups in total. The highest BCUT2D eigenvalue weighted by atomic mass is 16.5. The summed E-state index contributed by atoms with van der Waals surface area (Å²) in [5.74, 6) is 1.55. The normalized spacial score (nSPS) is 22.6. The summed E-state index contributed by atoms with van der Waals surface area (Å²) < 4.78 is 7.34. The van der Waals surface area contributed by atoms with Gasteiger partial charge in [0, 0.05) is 58.5 Å². The van der Waals surface area contributed by atoms with E-state index in [1.165, 1.54) is 18.5 Å². The molecule has 1 atom stereocenters. The van der Waals surface area contributed by atoms with Crippen molar-refractivity contribution in [1.29, 1.82) is 0 Å². The molecule has 1 aliphatic heterocycles. The lowest BCUT2D eigenvalue weighted by atomic mass is 10.0. The number of nitrogens with zero attached hydrogens (tertiary/aromatic N) is 4. The minimum absolute atomic E-state index is 0.311. The third-order valence-corrected chi connectivity index (χ3v) is 5.45. The second kappa shape index (κ2) is 8.32. The Balaban J connectivity index is 1.68. The second-order valence-corrected chi connectivity index (χ2v) is 7.86. The SMILES string of the molecule is COCCn1cncc1CN1CCC(=O)N(CC2CC2)[C@@H](C(C)C)C1. The first-order valence-electron chi connectivity index (χ1n) is 9.58. The van der Waals surface area contributed by atoms with E-state index in [0.717, 1.165) is 38.6 Å². The van der Waals surface area contributed by atoms with Gasteiger partial charge in [0.15, 0.2) is 0 Å². The monoisotopic (exact) mass is 348 g/mol. The third-order valence-electron chi connectivity index (χ3n) is 5.45. The van der Waals surface area contributed by atoms with Crippen LogP contribution in [-0.2, 0) is 22.6 Å². The number of hydrogen-bond acceptors (Lipinski definition) is 4. The predicted octanol–water partition coefficient (Wildman–Crippen LogP) is 2.00. The molecule has 1 aromatic heterocycles. The highest BCUT2D eigenvalue weighted by Crippen LogP contribution is 2.32. The molecule has 1 saturated carbocycles. The van der Waals surface area contributed by atoms with Crippen LogP contribution in [-0.4, -0.2) is 64.7 Å². The fraction of sp³-hybridized carbons (Fsp3) is 0.789. The van der Waals surface area contributed by atoms with Gasteiger partial charge in [0.25, 0.3) is 0 Å². The summed E-state index contributed by atoms with van der Waals surface area (Å²) in [6, 6.07) is 0.311. The van der Waals surface area contributed by atoms with Crippen molar-refractivity contribution in [2.45, 2.75) is 52.2 Å². The molecule has 0 radical (unpaired) electrons. The summed E-state index contributed by atoms with van der Waals surface area (Å²) in [7, 11) is 1.72. The number of ether oxygens (including phenoxy) is 1. The van der Waals surface area contributed by atoms with Gasteiger partial charge in [0.2, 0.25) is 5.91 Å². The molecule has 0 spiro atoms. The van der Waals surface area contributed by atoms with Crippen molar-refractivity contribution < 1.29 is 9.53 Å². The molecule has 140 valence electrons. The average molecular weight is 348 g/mol. The second-order valence-electron chi connectivity index (χ2n) is 7.86. The van der Waals surface area contributed by atoms with Crippen LogP contribution in [0, 0.1) is 11.8 Å². The molecule has 0 unspecified atom stereocenters. The van der Waals surface area contributed by atoms with Crippen LogP contribution < -0.4 is 0 Å². The summed E-state index contributed by atoms with van der Waals surface area (Å²) in [5, 5.41) is 0. The summed E-state index contributed by atoms with van der Waals surface area (Å²) in [4.78, 5) is 21.6. The summed E-state index contributed by atoms with van der Waals surface area (Å²) >= 11 is 0. The number of methoxy groups -OCH3 is 1. The van der Waals surface area contributed by atoms with Crippen LogP contribution in [0.4, 0.5) is 0 Å². The van der Waals surface area contributed by atoms with E-state index in [2.05, 4.69) is 33.2 Å². The van der Waals surface area contributed by atoms with Gasteiger partial charge < -0.3 is 14.2 Å². The lowest BCUT2D eigenvalue weighted by Gasteiger charge is -2.35. The Morgan fingerprint density at radius 1 is 1.36 bits per heavy atom. The van der Waals surface area contributed by atoms with Gasteiger partial charge in [0.1, 0.15) is 0 Å². The first kappa shape index (κ1) is 18.4. The topological polar surface area (TPSA) is 50.6 Å². The van der Waals surface area contributed by atoms with E-state index in [1.807, 2.05) is 12.5 Å². The van der Waals surface area contributed by atoms with Gasteiger partial charge >= 0.3 is 0 Å². The van der Waals surface area contributed by atoms with E-state index in [1.54, 1.807) is 7.11 Å². The Morgan fingerprint density at radius 2 is 2.16 bits per heavy atom. The van der Waals surface area contributed by atoms with Gasteiger partial charge in [-0.3, -0.25) is 9.69 Å². The van der Waals surface area contributed by atoms with E-state index >= 15 is 0 Å². The summed E-state index contributed by atoms with van der Waals surface area (Å²) in [6.07, 6.45) is 7.02. The molecule has 2 heterocycles. The van der Waals surface area contributed by atoms with Crippen LogP contribution in [0.3, 0.4) is 0 Å². The van der Waals surface area contributed by atoms with E-state index in [0.29, 0.717) is 30.9 Å². The Hall–Kier alpha value is -1.40. The minimum atomic E-state index is 0.311. The zero-order valence-electron chi connectivity index (χ0n) is 15.9. The molecule has 3 rings (SSSR count). The molecule has 1 saturated heterocycles. The van der Waals surface area contributed by atoms with Crippen molar-refractivity contribution in [2.75, 3.05) is 33.4 Å². The first-order chi connectivity index (χ1) is 12.1. The number of imidazole rings is 1. The Bertz CT molecular complexity index is 568. The average Bonchev–Trinajstić information content (AvgIpc) is 3.33. The quantitative estimate of drug-likeness (QED) is 0.721. The van der Waals surface area contributed by atoms with Crippen molar-refractivity contribution in [3.05, 3.63) is 18.2 Å². The van der Waals surface area contributed by atoms with Crippen LogP contribution in [0.5, 0.6) is 0 Å². The van der Waals surface area contributed by atoms with Gasteiger partial charge in [-0.25, -0.2) is 4.98 Å². The van der Waals surface area contributed by atoms with Crippen molar-refractivity contribution in [1.82, 2.24) is 19.4 Å². The molecule has 1 amide bonds. The molecule has 2 fully saturated rings. The summed E-state index contributed by atoms with van der Waals surface area (Å²) in [5.41, 5.74) is 1.20. The first-order valence-corrected chi connectivity index (χ1v) is 9.58. The van der Waals surface area contributed by atoms with Crippen LogP contribution >= 0.6 is 0 Å². The molecule has 6 heteroatoms. The fourth-order valence-electron chi connectivity index (χ4n) is 3.67. The molecular formula is C19H32N4O2. The van der Waals surface area contributed by atoms with Crippen molar-refractivity contribution in [2.24, 2.45) is 11.8 Å². The van der Waals surface area contributed by atoms with Gasteiger partial charge in [-0.2, -0.15) is 0 Å². The maximum atomic E-state index is 12.7. The van der Waals surface area contributed by atoms with Gasteiger partial charge in [-0.1, -0.05) is 13.8 Å². The van der Waals surface area contributed by atoms with Gasteiger partial charge in [-0.05, 0) is 24.7 Å². The molecule has 25 heavy (non-hydrogen) atoms. The standard InChI is InChI=1S/C19H32N4O2/c1-15(2)18-13-21(7-6-19(24)23(18)11-16-4-5-16)12-17-10-20-14-22(17)8-9-25-3/h10,14-16,18H,4-9,11-13H2,1-3H3/t18-/m1/s1.